The molecular weight excluding hydrogens is 202 g/mol. The quantitative estimate of drug-likeness (QED) is 0.788. The Labute approximate surface area is 95.1 Å². The van der Waals surface area contributed by atoms with Gasteiger partial charge < -0.3 is 10.1 Å². The lowest BCUT2D eigenvalue weighted by Crippen LogP contribution is -2.28. The molecular formula is C13H15NO2. The van der Waals surface area contributed by atoms with Gasteiger partial charge in [-0.15, -0.1) is 6.58 Å². The maximum Gasteiger partial charge on any atom is 0.230 e. The van der Waals surface area contributed by atoms with Crippen molar-refractivity contribution in [1.29, 1.82) is 0 Å². The van der Waals surface area contributed by atoms with Crippen LogP contribution in [0.4, 0.5) is 5.69 Å². The molecule has 0 radical (unpaired) electrons. The van der Waals surface area contributed by atoms with E-state index in [2.05, 4.69) is 11.9 Å². The Kier molecular flexibility index (Phi) is 3.37. The molecule has 1 fully saturated rings. The van der Waals surface area contributed by atoms with Crippen LogP contribution in [0.2, 0.25) is 0 Å². The summed E-state index contributed by atoms with van der Waals surface area (Å²) in [6.07, 6.45) is 2.31. The predicted molar refractivity (Wildman–Crippen MR) is 63.1 cm³/mol. The molecule has 0 aromatic heterocycles. The van der Waals surface area contributed by atoms with Crippen LogP contribution in [0, 0.1) is 5.92 Å². The lowest BCUT2D eigenvalue weighted by molar-refractivity contribution is -0.120. The topological polar surface area (TPSA) is 38.3 Å². The average Bonchev–Trinajstić information content (AvgIpc) is 2.78. The first kappa shape index (κ1) is 10.9. The van der Waals surface area contributed by atoms with Crippen molar-refractivity contribution in [1.82, 2.24) is 0 Å². The van der Waals surface area contributed by atoms with Gasteiger partial charge in [0.25, 0.3) is 0 Å². The van der Waals surface area contributed by atoms with Crippen LogP contribution in [0.1, 0.15) is 6.42 Å². The summed E-state index contributed by atoms with van der Waals surface area (Å²) in [7, 11) is 0. The Hall–Kier alpha value is -1.61. The number of anilines is 1. The summed E-state index contributed by atoms with van der Waals surface area (Å²) < 4.78 is 5.39. The van der Waals surface area contributed by atoms with Crippen LogP contribution < -0.4 is 5.32 Å². The highest BCUT2D eigenvalue weighted by Gasteiger charge is 2.31. The standard InChI is InChI=1S/C13H15NO2/c1-2-12-11(8-9-16-12)13(15)14-10-6-4-3-5-7-10/h2-7,11-12H,1,8-9H2,(H,14,15)/t11-,12+/m0/s1. The molecule has 84 valence electrons. The highest BCUT2D eigenvalue weighted by atomic mass is 16.5. The van der Waals surface area contributed by atoms with Crippen molar-refractivity contribution in [2.24, 2.45) is 5.92 Å². The number of benzene rings is 1. The Morgan fingerprint density at radius 1 is 1.44 bits per heavy atom. The predicted octanol–water partition coefficient (Wildman–Crippen LogP) is 2.22. The number of carbonyl (C=O) groups is 1. The van der Waals surface area contributed by atoms with Crippen molar-refractivity contribution in [3.8, 4) is 0 Å². The molecule has 0 aliphatic carbocycles. The van der Waals surface area contributed by atoms with Crippen LogP contribution in [0.25, 0.3) is 0 Å². The van der Waals surface area contributed by atoms with Gasteiger partial charge in [-0.1, -0.05) is 24.3 Å². The summed E-state index contributed by atoms with van der Waals surface area (Å²) in [5.41, 5.74) is 0.821. The fourth-order valence-electron chi connectivity index (χ4n) is 1.88. The minimum atomic E-state index is -0.149. The molecule has 1 N–H and O–H groups in total. The molecule has 1 aromatic carbocycles. The van der Waals surface area contributed by atoms with Gasteiger partial charge in [-0.25, -0.2) is 0 Å². The fourth-order valence-corrected chi connectivity index (χ4v) is 1.88. The summed E-state index contributed by atoms with van der Waals surface area (Å²) in [6, 6.07) is 9.45. The first-order valence-corrected chi connectivity index (χ1v) is 5.41. The van der Waals surface area contributed by atoms with E-state index in [1.807, 2.05) is 30.3 Å². The van der Waals surface area contributed by atoms with Gasteiger partial charge in [0.15, 0.2) is 0 Å². The largest absolute Gasteiger partial charge is 0.373 e. The highest BCUT2D eigenvalue weighted by molar-refractivity contribution is 5.93. The minimum Gasteiger partial charge on any atom is -0.373 e. The number of rotatable bonds is 3. The van der Waals surface area contributed by atoms with Gasteiger partial charge in [-0.05, 0) is 18.6 Å². The molecule has 2 rings (SSSR count). The third-order valence-corrected chi connectivity index (χ3v) is 2.75. The Balaban J connectivity index is 2.00. The summed E-state index contributed by atoms with van der Waals surface area (Å²) >= 11 is 0. The molecule has 1 saturated heterocycles. The van der Waals surface area contributed by atoms with E-state index >= 15 is 0 Å². The smallest absolute Gasteiger partial charge is 0.230 e. The summed E-state index contributed by atoms with van der Waals surface area (Å²) in [5, 5.41) is 2.88. The van der Waals surface area contributed by atoms with E-state index in [-0.39, 0.29) is 17.9 Å². The first-order chi connectivity index (χ1) is 7.81. The molecule has 1 aliphatic rings. The maximum absolute atomic E-state index is 11.9. The van der Waals surface area contributed by atoms with Crippen molar-refractivity contribution in [3.05, 3.63) is 43.0 Å². The third kappa shape index (κ3) is 2.31. The van der Waals surface area contributed by atoms with E-state index in [0.29, 0.717) is 6.61 Å². The molecule has 1 aliphatic heterocycles. The van der Waals surface area contributed by atoms with Crippen LogP contribution in [0.5, 0.6) is 0 Å². The van der Waals surface area contributed by atoms with Gasteiger partial charge in [-0.3, -0.25) is 4.79 Å². The molecule has 2 atom stereocenters. The van der Waals surface area contributed by atoms with Gasteiger partial charge in [0, 0.05) is 12.3 Å². The van der Waals surface area contributed by atoms with E-state index in [9.17, 15) is 4.79 Å². The molecule has 0 spiro atoms. The number of para-hydroxylation sites is 1. The van der Waals surface area contributed by atoms with Gasteiger partial charge in [-0.2, -0.15) is 0 Å². The van der Waals surface area contributed by atoms with Crippen LogP contribution >= 0.6 is 0 Å². The third-order valence-electron chi connectivity index (χ3n) is 2.75. The fraction of sp³-hybridized carbons (Fsp3) is 0.308. The van der Waals surface area contributed by atoms with Crippen molar-refractivity contribution >= 4 is 11.6 Å². The molecule has 0 bridgehead atoms. The normalized spacial score (nSPS) is 24.0. The monoisotopic (exact) mass is 217 g/mol. The van der Waals surface area contributed by atoms with E-state index in [1.54, 1.807) is 6.08 Å². The molecule has 16 heavy (non-hydrogen) atoms. The Bertz CT molecular complexity index is 375. The van der Waals surface area contributed by atoms with E-state index < -0.39 is 0 Å². The molecule has 0 saturated carbocycles. The summed E-state index contributed by atoms with van der Waals surface area (Å²) in [5.74, 6) is -0.105. The van der Waals surface area contributed by atoms with Crippen molar-refractivity contribution < 1.29 is 9.53 Å². The second-order valence-corrected chi connectivity index (χ2v) is 3.82. The Morgan fingerprint density at radius 3 is 2.88 bits per heavy atom. The number of carbonyl (C=O) groups excluding carboxylic acids is 1. The van der Waals surface area contributed by atoms with Crippen LogP contribution in [0.15, 0.2) is 43.0 Å². The zero-order valence-corrected chi connectivity index (χ0v) is 9.06. The SMILES string of the molecule is C=C[C@H]1OCC[C@@H]1C(=O)Nc1ccccc1. The van der Waals surface area contributed by atoms with Gasteiger partial charge in [0.05, 0.1) is 12.0 Å². The molecule has 3 heteroatoms. The minimum absolute atomic E-state index is 0.00796. The van der Waals surface area contributed by atoms with E-state index in [4.69, 9.17) is 4.74 Å². The first-order valence-electron chi connectivity index (χ1n) is 5.41. The number of ether oxygens (including phenoxy) is 1. The number of amides is 1. The lowest BCUT2D eigenvalue weighted by Gasteiger charge is -2.14. The van der Waals surface area contributed by atoms with Crippen LogP contribution in [-0.2, 0) is 9.53 Å². The number of hydrogen-bond donors (Lipinski definition) is 1. The van der Waals surface area contributed by atoms with Gasteiger partial charge in [0.1, 0.15) is 0 Å². The molecule has 1 heterocycles. The molecule has 1 amide bonds. The summed E-state index contributed by atoms with van der Waals surface area (Å²) in [4.78, 5) is 11.9. The van der Waals surface area contributed by atoms with Crippen LogP contribution in [-0.4, -0.2) is 18.6 Å². The molecule has 0 unspecified atom stereocenters. The molecule has 3 nitrogen and oxygen atoms in total. The van der Waals surface area contributed by atoms with Crippen molar-refractivity contribution in [3.63, 3.8) is 0 Å². The molecule has 1 aromatic rings. The van der Waals surface area contributed by atoms with Crippen molar-refractivity contribution in [2.45, 2.75) is 12.5 Å². The Morgan fingerprint density at radius 2 is 2.19 bits per heavy atom. The summed E-state index contributed by atoms with van der Waals surface area (Å²) in [6.45, 7) is 4.31. The lowest BCUT2D eigenvalue weighted by atomic mass is 10.0. The number of nitrogens with one attached hydrogen (secondary N) is 1. The average molecular weight is 217 g/mol. The van der Waals surface area contributed by atoms with E-state index in [1.165, 1.54) is 0 Å². The van der Waals surface area contributed by atoms with Crippen molar-refractivity contribution in [2.75, 3.05) is 11.9 Å². The van der Waals surface area contributed by atoms with Crippen LogP contribution in [0.3, 0.4) is 0 Å². The zero-order valence-electron chi connectivity index (χ0n) is 9.06. The number of hydrogen-bond acceptors (Lipinski definition) is 2. The zero-order chi connectivity index (χ0) is 11.4. The highest BCUT2D eigenvalue weighted by Crippen LogP contribution is 2.23. The van der Waals surface area contributed by atoms with E-state index in [0.717, 1.165) is 12.1 Å². The van der Waals surface area contributed by atoms with Gasteiger partial charge in [0.2, 0.25) is 5.91 Å². The maximum atomic E-state index is 11.9. The van der Waals surface area contributed by atoms with Gasteiger partial charge >= 0.3 is 0 Å². The second-order valence-electron chi connectivity index (χ2n) is 3.82. The second kappa shape index (κ2) is 4.94.